The molecule has 24 heavy (non-hydrogen) atoms. The highest BCUT2D eigenvalue weighted by atomic mass is 28.5. The fourth-order valence-corrected chi connectivity index (χ4v) is 26.8. The Morgan fingerprint density at radius 3 is 1.17 bits per heavy atom. The number of hydrogen-bond donors (Lipinski definition) is 0. The average molecular weight is 389 g/mol. The van der Waals surface area contributed by atoms with Gasteiger partial charge >= 0.3 is 0 Å². The van der Waals surface area contributed by atoms with Gasteiger partial charge in [-0.05, 0) is 73.0 Å². The lowest BCUT2D eigenvalue weighted by Crippen LogP contribution is -2.83. The van der Waals surface area contributed by atoms with Gasteiger partial charge in [0.25, 0.3) is 0 Å². The molecule has 0 aliphatic heterocycles. The molecule has 0 N–H and O–H groups in total. The molecule has 0 aromatic rings. The summed E-state index contributed by atoms with van der Waals surface area (Å²) in [6, 6.07) is 0. The first kappa shape index (κ1) is 24.2. The third-order valence-corrected chi connectivity index (χ3v) is 25.2. The van der Waals surface area contributed by atoms with Crippen molar-refractivity contribution in [1.82, 2.24) is 17.6 Å². The molecule has 1 atom stereocenters. The van der Waals surface area contributed by atoms with Crippen molar-refractivity contribution in [3.63, 3.8) is 0 Å². The van der Waals surface area contributed by atoms with Crippen molar-refractivity contribution in [2.24, 2.45) is 0 Å². The second-order valence-corrected chi connectivity index (χ2v) is 21.3. The SMILES string of the molecule is C=C[Si](C)(N(C)C)N([Si](C)(C)N(CC)CC)[Si](C)(C)N(CC)CC. The second kappa shape index (κ2) is 9.25. The Balaban J connectivity index is 6.47. The van der Waals surface area contributed by atoms with Gasteiger partial charge < -0.3 is 17.6 Å². The van der Waals surface area contributed by atoms with Gasteiger partial charge in [-0.15, -0.1) is 6.58 Å². The van der Waals surface area contributed by atoms with E-state index in [2.05, 4.69) is 104 Å². The Morgan fingerprint density at radius 2 is 1.00 bits per heavy atom. The van der Waals surface area contributed by atoms with Crippen LogP contribution in [0.3, 0.4) is 0 Å². The largest absolute Gasteiger partial charge is 0.328 e. The summed E-state index contributed by atoms with van der Waals surface area (Å²) in [7, 11) is -0.973. The second-order valence-electron chi connectivity index (χ2n) is 7.86. The van der Waals surface area contributed by atoms with Crippen molar-refractivity contribution in [3.05, 3.63) is 12.3 Å². The maximum absolute atomic E-state index is 4.31. The highest BCUT2D eigenvalue weighted by molar-refractivity contribution is 7.04. The first-order chi connectivity index (χ1) is 10.9. The summed E-state index contributed by atoms with van der Waals surface area (Å²) in [5, 5.41) is 0. The molecule has 0 saturated carbocycles. The first-order valence-corrected chi connectivity index (χ1v) is 17.8. The number of rotatable bonds is 11. The summed E-state index contributed by atoms with van der Waals surface area (Å²) < 4.78 is 11.0. The predicted octanol–water partition coefficient (Wildman–Crippen LogP) is 3.73. The van der Waals surface area contributed by atoms with Crippen molar-refractivity contribution in [2.75, 3.05) is 40.3 Å². The number of hydrogen-bond acceptors (Lipinski definition) is 4. The molecule has 0 aliphatic rings. The van der Waals surface area contributed by atoms with Gasteiger partial charge in [-0.3, -0.25) is 0 Å². The lowest BCUT2D eigenvalue weighted by Gasteiger charge is -2.61. The smallest absolute Gasteiger partial charge is 0.216 e. The van der Waals surface area contributed by atoms with E-state index in [9.17, 15) is 0 Å². The maximum atomic E-state index is 4.31. The molecule has 4 nitrogen and oxygen atoms in total. The van der Waals surface area contributed by atoms with Crippen molar-refractivity contribution >= 4 is 25.2 Å². The zero-order valence-electron chi connectivity index (χ0n) is 18.4. The minimum absolute atomic E-state index is 1.13. The fourth-order valence-electron chi connectivity index (χ4n) is 4.53. The van der Waals surface area contributed by atoms with Crippen LogP contribution in [0.2, 0.25) is 32.7 Å². The molecular weight excluding hydrogens is 344 g/mol. The van der Waals surface area contributed by atoms with Gasteiger partial charge in [0.1, 0.15) is 0 Å². The molecule has 0 fully saturated rings. The van der Waals surface area contributed by atoms with E-state index < -0.39 is 25.2 Å². The van der Waals surface area contributed by atoms with Crippen molar-refractivity contribution in [3.8, 4) is 0 Å². The molecule has 0 saturated heterocycles. The van der Waals surface area contributed by atoms with Crippen LogP contribution in [0.4, 0.5) is 0 Å². The van der Waals surface area contributed by atoms with Crippen LogP contribution in [-0.4, -0.2) is 83.1 Å². The van der Waals surface area contributed by atoms with Gasteiger partial charge in [0.2, 0.25) is 8.40 Å². The minimum atomic E-state index is -1.92. The molecule has 0 rings (SSSR count). The zero-order chi connectivity index (χ0) is 19.3. The minimum Gasteiger partial charge on any atom is -0.328 e. The summed E-state index contributed by atoms with van der Waals surface area (Å²) >= 11 is 0. The van der Waals surface area contributed by atoms with E-state index in [1.165, 1.54) is 0 Å². The predicted molar refractivity (Wildman–Crippen MR) is 118 cm³/mol. The van der Waals surface area contributed by atoms with Gasteiger partial charge in [0, 0.05) is 0 Å². The molecule has 0 spiro atoms. The zero-order valence-corrected chi connectivity index (χ0v) is 21.4. The van der Waals surface area contributed by atoms with Gasteiger partial charge in [0.05, 0.1) is 0 Å². The molecule has 0 bridgehead atoms. The molecular formula is C17H44N4Si3. The van der Waals surface area contributed by atoms with E-state index in [4.69, 9.17) is 0 Å². The maximum Gasteiger partial charge on any atom is 0.216 e. The van der Waals surface area contributed by atoms with Crippen LogP contribution in [0.15, 0.2) is 12.3 Å². The monoisotopic (exact) mass is 388 g/mol. The van der Waals surface area contributed by atoms with Crippen LogP contribution < -0.4 is 0 Å². The molecule has 7 heteroatoms. The Bertz CT molecular complexity index is 369. The summed E-state index contributed by atoms with van der Waals surface area (Å²) in [6.07, 6.45) is 0. The van der Waals surface area contributed by atoms with Crippen molar-refractivity contribution in [1.29, 1.82) is 0 Å². The standard InChI is InChI=1S/C17H44N4Si3/c1-13-19(14-2)22(8,9)21(24(12,17-5)18(6)7)23(10,11)20(15-3)16-4/h17H,5,13-16H2,1-4,6-12H3. The van der Waals surface area contributed by atoms with Crippen LogP contribution in [0, 0.1) is 0 Å². The number of nitrogens with zero attached hydrogens (tertiary/aromatic N) is 4. The van der Waals surface area contributed by atoms with Crippen molar-refractivity contribution in [2.45, 2.75) is 60.4 Å². The van der Waals surface area contributed by atoms with Gasteiger partial charge in [-0.25, -0.2) is 0 Å². The Hall–Kier alpha value is 0.231. The first-order valence-electron chi connectivity index (χ1n) is 9.53. The van der Waals surface area contributed by atoms with E-state index in [1.807, 2.05) is 0 Å². The Kier molecular flexibility index (Phi) is 9.34. The third-order valence-electron chi connectivity index (χ3n) is 5.91. The topological polar surface area (TPSA) is 13.0 Å². The van der Waals surface area contributed by atoms with Crippen LogP contribution in [-0.2, 0) is 0 Å². The van der Waals surface area contributed by atoms with E-state index in [0.29, 0.717) is 0 Å². The lowest BCUT2D eigenvalue weighted by atomic mass is 10.7. The molecule has 0 amide bonds. The Labute approximate surface area is 156 Å². The highest BCUT2D eigenvalue weighted by Crippen LogP contribution is 2.33. The molecule has 1 unspecified atom stereocenters. The molecule has 0 aromatic carbocycles. The van der Waals surface area contributed by atoms with Crippen LogP contribution in [0.25, 0.3) is 0 Å². The van der Waals surface area contributed by atoms with E-state index in [-0.39, 0.29) is 0 Å². The summed E-state index contributed by atoms with van der Waals surface area (Å²) in [5.41, 5.74) is 2.30. The lowest BCUT2D eigenvalue weighted by molar-refractivity contribution is 0.400. The van der Waals surface area contributed by atoms with E-state index in [0.717, 1.165) is 26.2 Å². The van der Waals surface area contributed by atoms with E-state index in [1.54, 1.807) is 0 Å². The van der Waals surface area contributed by atoms with Gasteiger partial charge in [-0.1, -0.05) is 33.4 Å². The van der Waals surface area contributed by atoms with Gasteiger partial charge in [-0.2, -0.15) is 0 Å². The fraction of sp³-hybridized carbons (Fsp3) is 0.882. The molecule has 0 aliphatic carbocycles. The average Bonchev–Trinajstić information content (AvgIpc) is 2.47. The van der Waals surface area contributed by atoms with Gasteiger partial charge in [0.15, 0.2) is 16.8 Å². The highest BCUT2D eigenvalue weighted by Gasteiger charge is 2.55. The molecule has 0 heterocycles. The summed E-state index contributed by atoms with van der Waals surface area (Å²) in [6.45, 7) is 30.8. The normalized spacial score (nSPS) is 16.3. The Morgan fingerprint density at radius 1 is 0.708 bits per heavy atom. The molecule has 0 radical (unpaired) electrons. The van der Waals surface area contributed by atoms with Crippen LogP contribution >= 0.6 is 0 Å². The summed E-state index contributed by atoms with van der Waals surface area (Å²) in [5.74, 6) is 0. The van der Waals surface area contributed by atoms with Crippen LogP contribution in [0.1, 0.15) is 27.7 Å². The van der Waals surface area contributed by atoms with Crippen LogP contribution in [0.5, 0.6) is 0 Å². The third kappa shape index (κ3) is 4.49. The molecule has 0 aromatic heterocycles. The summed E-state index contributed by atoms with van der Waals surface area (Å²) in [4.78, 5) is 0. The quantitative estimate of drug-likeness (QED) is 0.500. The molecule has 144 valence electrons. The van der Waals surface area contributed by atoms with Crippen molar-refractivity contribution < 1.29 is 0 Å². The van der Waals surface area contributed by atoms with E-state index >= 15 is 0 Å².